The van der Waals surface area contributed by atoms with Gasteiger partial charge in [-0.2, -0.15) is 0 Å². The van der Waals surface area contributed by atoms with E-state index in [9.17, 15) is 14.3 Å². The molecule has 0 amide bonds. The van der Waals surface area contributed by atoms with Gasteiger partial charge in [-0.15, -0.1) is 0 Å². The van der Waals surface area contributed by atoms with Crippen LogP contribution >= 0.6 is 0 Å². The topological polar surface area (TPSA) is 77.9 Å². The quantitative estimate of drug-likeness (QED) is 0.356. The van der Waals surface area contributed by atoms with Gasteiger partial charge in [-0.1, -0.05) is 38.1 Å². The van der Waals surface area contributed by atoms with Crippen LogP contribution in [0.3, 0.4) is 0 Å². The van der Waals surface area contributed by atoms with Crippen molar-refractivity contribution in [3.63, 3.8) is 0 Å². The summed E-state index contributed by atoms with van der Waals surface area (Å²) >= 11 is 0. The summed E-state index contributed by atoms with van der Waals surface area (Å²) in [6.45, 7) is 8.59. The fourth-order valence-corrected chi connectivity index (χ4v) is 5.45. The molecule has 1 N–H and O–H groups in total. The van der Waals surface area contributed by atoms with E-state index in [4.69, 9.17) is 14.2 Å². The summed E-state index contributed by atoms with van der Waals surface area (Å²) < 4.78 is 32.5. The van der Waals surface area contributed by atoms with Crippen LogP contribution in [0.5, 0.6) is 11.5 Å². The molecule has 2 aliphatic rings. The van der Waals surface area contributed by atoms with Gasteiger partial charge in [-0.3, -0.25) is 9.78 Å². The number of carbonyl (C=O) groups is 1. The van der Waals surface area contributed by atoms with E-state index in [1.807, 2.05) is 30.4 Å². The molecule has 3 aromatic rings. The maximum Gasteiger partial charge on any atom is 0.309 e. The zero-order valence-corrected chi connectivity index (χ0v) is 22.7. The van der Waals surface area contributed by atoms with Gasteiger partial charge in [-0.25, -0.2) is 4.39 Å². The Morgan fingerprint density at radius 1 is 1.21 bits per heavy atom. The molecule has 6 nitrogen and oxygen atoms in total. The molecule has 2 aromatic carbocycles. The number of fused-ring (bicyclic) bond motifs is 1. The van der Waals surface area contributed by atoms with Crippen LogP contribution < -0.4 is 9.47 Å². The van der Waals surface area contributed by atoms with Crippen molar-refractivity contribution < 1.29 is 28.5 Å². The number of aliphatic hydroxyl groups excluding tert-OH is 1. The summed E-state index contributed by atoms with van der Waals surface area (Å²) in [6.07, 6.45) is 5.22. The molecule has 0 radical (unpaired) electrons. The summed E-state index contributed by atoms with van der Waals surface area (Å²) in [6, 6.07) is 12.0. The number of esters is 1. The normalized spacial score (nSPS) is 20.1. The number of hydrogen-bond acceptors (Lipinski definition) is 6. The number of rotatable bonds is 7. The molecule has 1 aromatic heterocycles. The third-order valence-corrected chi connectivity index (χ3v) is 7.04. The Kier molecular flexibility index (Phi) is 7.45. The van der Waals surface area contributed by atoms with Crippen molar-refractivity contribution in [2.75, 3.05) is 0 Å². The Balaban J connectivity index is 1.72. The number of hydrogen-bond donors (Lipinski definition) is 1. The summed E-state index contributed by atoms with van der Waals surface area (Å²) in [4.78, 5) is 16.4. The number of pyridine rings is 1. The minimum atomic E-state index is -0.742. The Labute approximate surface area is 228 Å². The first kappa shape index (κ1) is 26.9. The standard InChI is InChI=1S/C32H34FNO5/c1-19(2)28-25(13-12-24-15-23(35)16-27(36)38-24)29(20-8-10-21(33)11-9-20)31(30-26(28)17-32(3,4)39-30)37-18-22-7-5-6-14-34-22/h5-14,19,23-24,35H,15-18H2,1-4H3/b13-12+. The number of carbonyl (C=O) groups excluding carboxylic acids is 1. The summed E-state index contributed by atoms with van der Waals surface area (Å²) in [5.74, 6) is 0.625. The molecule has 7 heteroatoms. The first-order valence-electron chi connectivity index (χ1n) is 13.4. The van der Waals surface area contributed by atoms with Gasteiger partial charge < -0.3 is 19.3 Å². The van der Waals surface area contributed by atoms with E-state index >= 15 is 0 Å². The second-order valence-corrected chi connectivity index (χ2v) is 11.1. The number of ether oxygens (including phenoxy) is 3. The van der Waals surface area contributed by atoms with Gasteiger partial charge in [0.2, 0.25) is 0 Å². The molecule has 0 bridgehead atoms. The molecule has 3 heterocycles. The molecule has 0 spiro atoms. The molecule has 2 unspecified atom stereocenters. The summed E-state index contributed by atoms with van der Waals surface area (Å²) in [5, 5.41) is 10.1. The van der Waals surface area contributed by atoms with Gasteiger partial charge >= 0.3 is 5.97 Å². The second kappa shape index (κ2) is 10.8. The Morgan fingerprint density at radius 2 is 1.97 bits per heavy atom. The first-order chi connectivity index (χ1) is 18.6. The van der Waals surface area contributed by atoms with Crippen LogP contribution in [0.4, 0.5) is 4.39 Å². The van der Waals surface area contributed by atoms with Crippen LogP contribution in [0, 0.1) is 5.82 Å². The zero-order chi connectivity index (χ0) is 27.7. The maximum absolute atomic E-state index is 14.0. The molecule has 39 heavy (non-hydrogen) atoms. The van der Waals surface area contributed by atoms with E-state index in [2.05, 4.69) is 32.7 Å². The second-order valence-electron chi connectivity index (χ2n) is 11.1. The number of benzene rings is 2. The van der Waals surface area contributed by atoms with Gasteiger partial charge in [0.25, 0.3) is 0 Å². The highest BCUT2D eigenvalue weighted by molar-refractivity contribution is 5.87. The van der Waals surface area contributed by atoms with E-state index < -0.39 is 23.8 Å². The van der Waals surface area contributed by atoms with Crippen LogP contribution in [0.2, 0.25) is 0 Å². The Bertz CT molecular complexity index is 1380. The van der Waals surface area contributed by atoms with Crippen molar-refractivity contribution in [2.45, 2.75) is 77.3 Å². The largest absolute Gasteiger partial charge is 0.483 e. The average Bonchev–Trinajstić information content (AvgIpc) is 3.20. The van der Waals surface area contributed by atoms with Crippen LogP contribution in [0.15, 0.2) is 54.7 Å². The molecule has 0 saturated carbocycles. The zero-order valence-electron chi connectivity index (χ0n) is 22.7. The number of cyclic esters (lactones) is 1. The van der Waals surface area contributed by atoms with Crippen molar-refractivity contribution in [1.29, 1.82) is 0 Å². The highest BCUT2D eigenvalue weighted by Crippen LogP contribution is 2.53. The van der Waals surface area contributed by atoms with Gasteiger partial charge in [0.15, 0.2) is 11.5 Å². The van der Waals surface area contributed by atoms with Crippen LogP contribution in [-0.2, 0) is 22.6 Å². The highest BCUT2D eigenvalue weighted by Gasteiger charge is 2.38. The molecular formula is C32H34FNO5. The third-order valence-electron chi connectivity index (χ3n) is 7.04. The van der Waals surface area contributed by atoms with E-state index in [1.165, 1.54) is 12.1 Å². The van der Waals surface area contributed by atoms with Crippen molar-refractivity contribution >= 4 is 12.0 Å². The summed E-state index contributed by atoms with van der Waals surface area (Å²) in [7, 11) is 0. The lowest BCUT2D eigenvalue weighted by atomic mass is 9.83. The highest BCUT2D eigenvalue weighted by atomic mass is 19.1. The lowest BCUT2D eigenvalue weighted by molar-refractivity contribution is -0.156. The summed E-state index contributed by atoms with van der Waals surface area (Å²) in [5.41, 5.74) is 4.91. The van der Waals surface area contributed by atoms with E-state index in [0.717, 1.165) is 33.5 Å². The SMILES string of the molecule is CC(C)c1c(/C=C/C2CC(O)CC(=O)O2)c(-c2ccc(F)cc2)c(OCc2ccccn2)c2c1CC(C)(C)O2. The lowest BCUT2D eigenvalue weighted by Crippen LogP contribution is -2.31. The minimum absolute atomic E-state index is 0.000804. The molecule has 1 fully saturated rings. The van der Waals surface area contributed by atoms with Crippen LogP contribution in [0.1, 0.15) is 68.8 Å². The average molecular weight is 532 g/mol. The molecule has 2 aliphatic heterocycles. The Morgan fingerprint density at radius 3 is 2.64 bits per heavy atom. The van der Waals surface area contributed by atoms with Crippen molar-refractivity contribution in [1.82, 2.24) is 4.98 Å². The number of nitrogens with zero attached hydrogens (tertiary/aromatic N) is 1. The van der Waals surface area contributed by atoms with E-state index in [-0.39, 0.29) is 24.8 Å². The van der Waals surface area contributed by atoms with Gasteiger partial charge in [-0.05, 0) is 66.8 Å². The molecule has 204 valence electrons. The third kappa shape index (κ3) is 5.83. The van der Waals surface area contributed by atoms with Crippen LogP contribution in [-0.4, -0.2) is 33.9 Å². The molecular weight excluding hydrogens is 497 g/mol. The predicted molar refractivity (Wildman–Crippen MR) is 147 cm³/mol. The molecule has 5 rings (SSSR count). The number of halogens is 1. The molecule has 1 saturated heterocycles. The monoisotopic (exact) mass is 531 g/mol. The van der Waals surface area contributed by atoms with Gasteiger partial charge in [0.1, 0.15) is 24.1 Å². The Hall–Kier alpha value is -3.71. The van der Waals surface area contributed by atoms with E-state index in [0.29, 0.717) is 24.3 Å². The minimum Gasteiger partial charge on any atom is -0.483 e. The fraction of sp³-hybridized carbons (Fsp3) is 0.375. The fourth-order valence-electron chi connectivity index (χ4n) is 5.45. The maximum atomic E-state index is 14.0. The lowest BCUT2D eigenvalue weighted by Gasteiger charge is -2.25. The van der Waals surface area contributed by atoms with Crippen molar-refractivity contribution in [3.8, 4) is 22.6 Å². The van der Waals surface area contributed by atoms with Crippen molar-refractivity contribution in [3.05, 3.63) is 82.9 Å². The molecule has 0 aliphatic carbocycles. The smallest absolute Gasteiger partial charge is 0.309 e. The predicted octanol–water partition coefficient (Wildman–Crippen LogP) is 6.38. The van der Waals surface area contributed by atoms with Gasteiger partial charge in [0, 0.05) is 30.2 Å². The van der Waals surface area contributed by atoms with Crippen LogP contribution in [0.25, 0.3) is 17.2 Å². The van der Waals surface area contributed by atoms with Crippen molar-refractivity contribution in [2.24, 2.45) is 0 Å². The molecule has 2 atom stereocenters. The van der Waals surface area contributed by atoms with E-state index in [1.54, 1.807) is 18.3 Å². The number of aromatic nitrogens is 1. The van der Waals surface area contributed by atoms with Gasteiger partial charge in [0.05, 0.1) is 18.2 Å². The first-order valence-corrected chi connectivity index (χ1v) is 13.4. The number of aliphatic hydroxyl groups is 1.